The molecule has 0 saturated carbocycles. The molecule has 2 nitrogen and oxygen atoms in total. The average Bonchev–Trinajstić information content (AvgIpc) is 2.80. The second-order valence-corrected chi connectivity index (χ2v) is 5.47. The van der Waals surface area contributed by atoms with E-state index in [9.17, 15) is 0 Å². The average molecular weight is 370 g/mol. The summed E-state index contributed by atoms with van der Waals surface area (Å²) in [5.74, 6) is 6.36. The Balaban J connectivity index is 1.98. The summed E-state index contributed by atoms with van der Waals surface area (Å²) in [5, 5.41) is 0. The number of pyridine rings is 1. The van der Waals surface area contributed by atoms with Crippen LogP contribution in [0, 0.1) is 15.4 Å². The van der Waals surface area contributed by atoms with Crippen LogP contribution >= 0.6 is 22.6 Å². The SMILES string of the molecule is Ic1ccc2ncc(C#CC3=C/C=C\C=C/C=C3)n2c1. The lowest BCUT2D eigenvalue weighted by Crippen LogP contribution is -1.88. The lowest BCUT2D eigenvalue weighted by atomic mass is 10.2. The van der Waals surface area contributed by atoms with Crippen molar-refractivity contribution in [2.75, 3.05) is 0 Å². The first kappa shape index (κ1) is 12.9. The molecule has 2 aromatic rings. The fourth-order valence-corrected chi connectivity index (χ4v) is 2.29. The van der Waals surface area contributed by atoms with Crippen LogP contribution in [0.25, 0.3) is 5.65 Å². The molecule has 0 spiro atoms. The largest absolute Gasteiger partial charge is 0.292 e. The third-order valence-electron chi connectivity index (χ3n) is 2.80. The van der Waals surface area contributed by atoms with E-state index in [1.54, 1.807) is 6.20 Å². The fraction of sp³-hybridized carbons (Fsp3) is 0. The van der Waals surface area contributed by atoms with Gasteiger partial charge in [0.1, 0.15) is 11.3 Å². The van der Waals surface area contributed by atoms with Gasteiger partial charge in [-0.3, -0.25) is 4.40 Å². The van der Waals surface area contributed by atoms with Crippen LogP contribution in [0.2, 0.25) is 0 Å². The highest BCUT2D eigenvalue weighted by Crippen LogP contribution is 2.10. The van der Waals surface area contributed by atoms with E-state index in [1.165, 1.54) is 0 Å². The van der Waals surface area contributed by atoms with E-state index >= 15 is 0 Å². The number of fused-ring (bicyclic) bond motifs is 1. The van der Waals surface area contributed by atoms with Crippen molar-refractivity contribution in [2.24, 2.45) is 0 Å². The number of hydrogen-bond acceptors (Lipinski definition) is 1. The maximum atomic E-state index is 4.35. The van der Waals surface area contributed by atoms with Gasteiger partial charge in [-0.05, 0) is 52.8 Å². The van der Waals surface area contributed by atoms with Crippen LogP contribution in [-0.2, 0) is 0 Å². The zero-order chi connectivity index (χ0) is 13.8. The number of halogens is 1. The van der Waals surface area contributed by atoms with Crippen LogP contribution in [-0.4, -0.2) is 9.38 Å². The molecule has 0 N–H and O–H groups in total. The van der Waals surface area contributed by atoms with Gasteiger partial charge in [0.25, 0.3) is 0 Å². The van der Waals surface area contributed by atoms with Gasteiger partial charge in [0.05, 0.1) is 6.20 Å². The van der Waals surface area contributed by atoms with Crippen LogP contribution in [0.4, 0.5) is 0 Å². The predicted octanol–water partition coefficient (Wildman–Crippen LogP) is 3.90. The topological polar surface area (TPSA) is 17.3 Å². The molecule has 0 atom stereocenters. The zero-order valence-electron chi connectivity index (χ0n) is 10.6. The van der Waals surface area contributed by atoms with Crippen molar-refractivity contribution in [3.8, 4) is 11.8 Å². The molecule has 0 bridgehead atoms. The van der Waals surface area contributed by atoms with Crippen molar-refractivity contribution in [2.45, 2.75) is 0 Å². The molecule has 0 amide bonds. The molecule has 3 rings (SSSR count). The minimum Gasteiger partial charge on any atom is -0.292 e. The van der Waals surface area contributed by atoms with Crippen LogP contribution in [0.15, 0.2) is 72.6 Å². The smallest absolute Gasteiger partial charge is 0.137 e. The van der Waals surface area contributed by atoms with E-state index in [1.807, 2.05) is 65.3 Å². The van der Waals surface area contributed by atoms with E-state index in [4.69, 9.17) is 0 Å². The zero-order valence-corrected chi connectivity index (χ0v) is 12.8. The quantitative estimate of drug-likeness (QED) is 0.508. The second-order valence-electron chi connectivity index (χ2n) is 4.22. The lowest BCUT2D eigenvalue weighted by molar-refractivity contribution is 1.15. The van der Waals surface area contributed by atoms with Crippen LogP contribution in [0.5, 0.6) is 0 Å². The van der Waals surface area contributed by atoms with Crippen molar-refractivity contribution in [1.82, 2.24) is 9.38 Å². The lowest BCUT2D eigenvalue weighted by Gasteiger charge is -1.96. The van der Waals surface area contributed by atoms with E-state index in [-0.39, 0.29) is 0 Å². The highest BCUT2D eigenvalue weighted by Gasteiger charge is 2.00. The number of rotatable bonds is 0. The van der Waals surface area contributed by atoms with Gasteiger partial charge in [-0.1, -0.05) is 36.3 Å². The van der Waals surface area contributed by atoms with Gasteiger partial charge < -0.3 is 0 Å². The van der Waals surface area contributed by atoms with Gasteiger partial charge in [-0.15, -0.1) is 0 Å². The van der Waals surface area contributed by atoms with E-state index in [0.717, 1.165) is 20.5 Å². The van der Waals surface area contributed by atoms with Gasteiger partial charge in [0, 0.05) is 15.3 Å². The fourth-order valence-electron chi connectivity index (χ4n) is 1.83. The molecule has 0 fully saturated rings. The molecule has 0 aliphatic heterocycles. The summed E-state index contributed by atoms with van der Waals surface area (Å²) < 4.78 is 3.17. The summed E-state index contributed by atoms with van der Waals surface area (Å²) in [4.78, 5) is 4.35. The summed E-state index contributed by atoms with van der Waals surface area (Å²) in [6.07, 6.45) is 17.8. The number of allylic oxidation sites excluding steroid dienone is 8. The summed E-state index contributed by atoms with van der Waals surface area (Å²) in [6.45, 7) is 0. The Labute approximate surface area is 131 Å². The first-order chi connectivity index (χ1) is 9.83. The third-order valence-corrected chi connectivity index (χ3v) is 3.44. The van der Waals surface area contributed by atoms with Crippen molar-refractivity contribution >= 4 is 28.2 Å². The minimum absolute atomic E-state index is 0.898. The Hall–Kier alpha value is -2.06. The second kappa shape index (κ2) is 5.93. The van der Waals surface area contributed by atoms with Gasteiger partial charge in [0.15, 0.2) is 0 Å². The maximum Gasteiger partial charge on any atom is 0.137 e. The third kappa shape index (κ3) is 2.91. The summed E-state index contributed by atoms with van der Waals surface area (Å²) in [7, 11) is 0. The van der Waals surface area contributed by atoms with E-state index < -0.39 is 0 Å². The summed E-state index contributed by atoms with van der Waals surface area (Å²) >= 11 is 2.29. The number of aromatic nitrogens is 2. The molecule has 20 heavy (non-hydrogen) atoms. The Bertz CT molecular complexity index is 824. The van der Waals surface area contributed by atoms with E-state index in [0.29, 0.717) is 0 Å². The number of hydrogen-bond donors (Lipinski definition) is 0. The highest BCUT2D eigenvalue weighted by molar-refractivity contribution is 14.1. The van der Waals surface area contributed by atoms with Gasteiger partial charge in [-0.25, -0.2) is 4.98 Å². The monoisotopic (exact) mass is 370 g/mol. The minimum atomic E-state index is 0.898. The molecule has 96 valence electrons. The Morgan fingerprint density at radius 3 is 2.80 bits per heavy atom. The first-order valence-corrected chi connectivity index (χ1v) is 7.27. The van der Waals surface area contributed by atoms with Crippen LogP contribution in [0.1, 0.15) is 5.69 Å². The molecule has 2 aromatic heterocycles. The van der Waals surface area contributed by atoms with Crippen LogP contribution < -0.4 is 0 Å². The Kier molecular flexibility index (Phi) is 3.84. The van der Waals surface area contributed by atoms with Gasteiger partial charge >= 0.3 is 0 Å². The molecule has 0 aromatic carbocycles. The Morgan fingerprint density at radius 2 is 1.85 bits per heavy atom. The number of nitrogens with zero attached hydrogens (tertiary/aromatic N) is 2. The molecule has 0 saturated heterocycles. The standard InChI is InChI=1S/C17H11IN2/c18-15-9-11-17-19-12-16(20(17)13-15)10-8-14-6-4-2-1-3-5-7-14/h1-7,9,11-13H/b2-1-,3-1?,4-2?,5-3-,6-4?,7-5?,14-6?,14-7?. The van der Waals surface area contributed by atoms with Crippen LogP contribution in [0.3, 0.4) is 0 Å². The van der Waals surface area contributed by atoms with Crippen molar-refractivity contribution < 1.29 is 0 Å². The molecule has 1 aliphatic rings. The molecule has 2 heterocycles. The van der Waals surface area contributed by atoms with Crippen molar-refractivity contribution in [3.05, 3.63) is 81.9 Å². The predicted molar refractivity (Wildman–Crippen MR) is 90.3 cm³/mol. The number of imidazole rings is 1. The van der Waals surface area contributed by atoms with Crippen molar-refractivity contribution in [3.63, 3.8) is 0 Å². The molecule has 0 radical (unpaired) electrons. The summed E-state index contributed by atoms with van der Waals surface area (Å²) in [6, 6.07) is 4.03. The molecular formula is C17H11IN2. The first-order valence-electron chi connectivity index (χ1n) is 6.19. The molecule has 0 unspecified atom stereocenters. The molecule has 3 heteroatoms. The highest BCUT2D eigenvalue weighted by atomic mass is 127. The van der Waals surface area contributed by atoms with Crippen molar-refractivity contribution in [1.29, 1.82) is 0 Å². The maximum absolute atomic E-state index is 4.35. The van der Waals surface area contributed by atoms with Gasteiger partial charge in [0.2, 0.25) is 0 Å². The molecule has 1 aliphatic carbocycles. The van der Waals surface area contributed by atoms with E-state index in [2.05, 4.69) is 39.4 Å². The van der Waals surface area contributed by atoms with Gasteiger partial charge in [-0.2, -0.15) is 0 Å². The normalized spacial score (nSPS) is 16.8. The summed E-state index contributed by atoms with van der Waals surface area (Å²) in [5.41, 5.74) is 2.79. The Morgan fingerprint density at radius 1 is 1.00 bits per heavy atom. The molecular weight excluding hydrogens is 359 g/mol.